The van der Waals surface area contributed by atoms with Crippen LogP contribution < -0.4 is 10.1 Å². The average molecular weight is 391 g/mol. The van der Waals surface area contributed by atoms with E-state index in [0.29, 0.717) is 18.0 Å². The van der Waals surface area contributed by atoms with Crippen LogP contribution in [0.4, 0.5) is 0 Å². The molecule has 0 radical (unpaired) electrons. The second-order valence-electron chi connectivity index (χ2n) is 7.27. The molecule has 0 saturated carbocycles. The number of methoxy groups -OCH3 is 1. The number of rotatable bonds is 5. The Labute approximate surface area is 170 Å². The Morgan fingerprint density at radius 3 is 2.72 bits per heavy atom. The van der Waals surface area contributed by atoms with Crippen LogP contribution in [0.5, 0.6) is 11.5 Å². The summed E-state index contributed by atoms with van der Waals surface area (Å²) in [6.07, 6.45) is 5.15. The van der Waals surface area contributed by atoms with Crippen LogP contribution in [-0.4, -0.2) is 27.9 Å². The number of hydrogen-bond donors (Lipinski definition) is 2. The highest BCUT2D eigenvalue weighted by molar-refractivity contribution is 5.94. The van der Waals surface area contributed by atoms with E-state index in [4.69, 9.17) is 9.84 Å². The van der Waals surface area contributed by atoms with Crippen molar-refractivity contribution in [2.24, 2.45) is 0 Å². The molecule has 1 amide bonds. The quantitative estimate of drug-likeness (QED) is 0.649. The fraction of sp³-hybridized carbons (Fsp3) is 0.304. The van der Waals surface area contributed by atoms with Crippen molar-refractivity contribution < 1.29 is 14.6 Å². The molecule has 3 aromatic rings. The summed E-state index contributed by atoms with van der Waals surface area (Å²) in [6, 6.07) is 15.0. The first kappa shape index (κ1) is 19.1. The van der Waals surface area contributed by atoms with Gasteiger partial charge in [0.1, 0.15) is 0 Å². The lowest BCUT2D eigenvalue weighted by molar-refractivity contribution is 0.0944. The predicted molar refractivity (Wildman–Crippen MR) is 111 cm³/mol. The number of phenolic OH excluding ortho intramolecular Hbond substituents is 1. The maximum absolute atomic E-state index is 13.0. The van der Waals surface area contributed by atoms with Gasteiger partial charge in [0, 0.05) is 17.8 Å². The SMILES string of the molecule is COc1cc(CNC(=O)c2nn(-c3ccccc3)c3c2CCCCC3)ccc1O. The topological polar surface area (TPSA) is 76.4 Å². The zero-order chi connectivity index (χ0) is 20.2. The number of para-hydroxylation sites is 1. The minimum absolute atomic E-state index is 0.0782. The van der Waals surface area contributed by atoms with Gasteiger partial charge < -0.3 is 15.2 Å². The van der Waals surface area contributed by atoms with E-state index in [-0.39, 0.29) is 11.7 Å². The van der Waals surface area contributed by atoms with E-state index in [2.05, 4.69) is 5.32 Å². The summed E-state index contributed by atoms with van der Waals surface area (Å²) in [4.78, 5) is 13.0. The van der Waals surface area contributed by atoms with Crippen LogP contribution in [-0.2, 0) is 19.4 Å². The fourth-order valence-electron chi connectivity index (χ4n) is 3.84. The Morgan fingerprint density at radius 1 is 1.14 bits per heavy atom. The number of aromatic nitrogens is 2. The summed E-state index contributed by atoms with van der Waals surface area (Å²) >= 11 is 0. The van der Waals surface area contributed by atoms with E-state index in [1.54, 1.807) is 18.2 Å². The summed E-state index contributed by atoms with van der Waals surface area (Å²) < 4.78 is 7.07. The molecule has 0 bridgehead atoms. The summed E-state index contributed by atoms with van der Waals surface area (Å²) in [7, 11) is 1.50. The van der Waals surface area contributed by atoms with E-state index in [1.807, 2.05) is 35.0 Å². The molecule has 29 heavy (non-hydrogen) atoms. The minimum atomic E-state index is -0.176. The second kappa shape index (κ2) is 8.39. The highest BCUT2D eigenvalue weighted by Crippen LogP contribution is 2.28. The smallest absolute Gasteiger partial charge is 0.272 e. The predicted octanol–water partition coefficient (Wildman–Crippen LogP) is 3.79. The molecule has 1 aliphatic rings. The van der Waals surface area contributed by atoms with Crippen molar-refractivity contribution >= 4 is 5.91 Å². The number of phenols is 1. The van der Waals surface area contributed by atoms with Crippen molar-refractivity contribution in [2.75, 3.05) is 7.11 Å². The highest BCUT2D eigenvalue weighted by atomic mass is 16.5. The monoisotopic (exact) mass is 391 g/mol. The average Bonchev–Trinajstić information content (AvgIpc) is 2.94. The molecule has 0 aliphatic heterocycles. The van der Waals surface area contributed by atoms with Gasteiger partial charge >= 0.3 is 0 Å². The lowest BCUT2D eigenvalue weighted by Gasteiger charge is -2.08. The number of fused-ring (bicyclic) bond motifs is 1. The summed E-state index contributed by atoms with van der Waals surface area (Å²) in [6.45, 7) is 0.336. The molecule has 150 valence electrons. The standard InChI is InChI=1S/C23H25N3O3/c1-29-21-14-16(12-13-20(21)27)15-24-23(28)22-18-10-6-3-7-11-19(18)26(25-22)17-8-4-2-5-9-17/h2,4-5,8-9,12-14,27H,3,6-7,10-11,15H2,1H3,(H,24,28). The molecular weight excluding hydrogens is 366 g/mol. The highest BCUT2D eigenvalue weighted by Gasteiger charge is 2.24. The number of nitrogens with zero attached hydrogens (tertiary/aromatic N) is 2. The molecule has 0 unspecified atom stereocenters. The van der Waals surface area contributed by atoms with Crippen LogP contribution in [0.25, 0.3) is 5.69 Å². The molecule has 0 saturated heterocycles. The van der Waals surface area contributed by atoms with Gasteiger partial charge in [0.15, 0.2) is 17.2 Å². The first-order chi connectivity index (χ1) is 14.2. The zero-order valence-electron chi connectivity index (χ0n) is 16.5. The van der Waals surface area contributed by atoms with Crippen LogP contribution in [0, 0.1) is 0 Å². The molecule has 2 N–H and O–H groups in total. The maximum Gasteiger partial charge on any atom is 0.272 e. The largest absolute Gasteiger partial charge is 0.504 e. The molecule has 6 heteroatoms. The Bertz CT molecular complexity index is 1010. The van der Waals surface area contributed by atoms with Gasteiger partial charge in [-0.05, 0) is 55.5 Å². The van der Waals surface area contributed by atoms with Crippen molar-refractivity contribution in [2.45, 2.75) is 38.6 Å². The molecule has 1 aromatic heterocycles. The lowest BCUT2D eigenvalue weighted by Crippen LogP contribution is -2.24. The second-order valence-corrected chi connectivity index (χ2v) is 7.27. The van der Waals surface area contributed by atoms with E-state index in [1.165, 1.54) is 7.11 Å². The van der Waals surface area contributed by atoms with Crippen molar-refractivity contribution in [3.63, 3.8) is 0 Å². The first-order valence-corrected chi connectivity index (χ1v) is 9.97. The van der Waals surface area contributed by atoms with E-state index < -0.39 is 0 Å². The third-order valence-electron chi connectivity index (χ3n) is 5.34. The number of aromatic hydroxyl groups is 1. The minimum Gasteiger partial charge on any atom is -0.504 e. The molecule has 6 nitrogen and oxygen atoms in total. The third-order valence-corrected chi connectivity index (χ3v) is 5.34. The summed E-state index contributed by atoms with van der Waals surface area (Å²) in [5.41, 5.74) is 4.54. The molecule has 4 rings (SSSR count). The Hall–Kier alpha value is -3.28. The number of nitrogens with one attached hydrogen (secondary N) is 1. The van der Waals surface area contributed by atoms with Crippen LogP contribution in [0.2, 0.25) is 0 Å². The van der Waals surface area contributed by atoms with Gasteiger partial charge in [0.25, 0.3) is 5.91 Å². The van der Waals surface area contributed by atoms with Gasteiger partial charge in [0.05, 0.1) is 12.8 Å². The molecular formula is C23H25N3O3. The van der Waals surface area contributed by atoms with Crippen molar-refractivity contribution in [3.8, 4) is 17.2 Å². The van der Waals surface area contributed by atoms with Gasteiger partial charge in [-0.1, -0.05) is 30.7 Å². The Balaban J connectivity index is 1.60. The number of amides is 1. The molecule has 0 spiro atoms. The number of ether oxygens (including phenoxy) is 1. The number of hydrogen-bond acceptors (Lipinski definition) is 4. The first-order valence-electron chi connectivity index (χ1n) is 9.97. The van der Waals surface area contributed by atoms with E-state index in [9.17, 15) is 9.90 Å². The Kier molecular flexibility index (Phi) is 5.51. The zero-order valence-corrected chi connectivity index (χ0v) is 16.5. The summed E-state index contributed by atoms with van der Waals surface area (Å²) in [5.74, 6) is 0.290. The number of carbonyl (C=O) groups is 1. The lowest BCUT2D eigenvalue weighted by atomic mass is 10.1. The molecule has 0 fully saturated rings. The van der Waals surface area contributed by atoms with Gasteiger partial charge in [-0.2, -0.15) is 5.10 Å². The molecule has 1 aliphatic carbocycles. The third kappa shape index (κ3) is 3.97. The summed E-state index contributed by atoms with van der Waals surface area (Å²) in [5, 5.41) is 17.4. The number of benzene rings is 2. The van der Waals surface area contributed by atoms with Gasteiger partial charge in [-0.25, -0.2) is 4.68 Å². The van der Waals surface area contributed by atoms with Crippen molar-refractivity contribution in [1.29, 1.82) is 0 Å². The van der Waals surface area contributed by atoms with Crippen LogP contribution in [0.1, 0.15) is 46.6 Å². The van der Waals surface area contributed by atoms with Crippen LogP contribution in [0.15, 0.2) is 48.5 Å². The van der Waals surface area contributed by atoms with Crippen LogP contribution in [0.3, 0.4) is 0 Å². The molecule has 0 atom stereocenters. The van der Waals surface area contributed by atoms with E-state index in [0.717, 1.165) is 54.6 Å². The van der Waals surface area contributed by atoms with E-state index >= 15 is 0 Å². The van der Waals surface area contributed by atoms with Gasteiger partial charge in [-0.15, -0.1) is 0 Å². The van der Waals surface area contributed by atoms with Crippen molar-refractivity contribution in [1.82, 2.24) is 15.1 Å². The molecule has 2 aromatic carbocycles. The molecule has 1 heterocycles. The van der Waals surface area contributed by atoms with Gasteiger partial charge in [0.2, 0.25) is 0 Å². The normalized spacial score (nSPS) is 13.4. The van der Waals surface area contributed by atoms with Gasteiger partial charge in [-0.3, -0.25) is 4.79 Å². The fourth-order valence-corrected chi connectivity index (χ4v) is 3.84. The Morgan fingerprint density at radius 2 is 1.93 bits per heavy atom. The van der Waals surface area contributed by atoms with Crippen LogP contribution >= 0.6 is 0 Å². The number of carbonyl (C=O) groups excluding carboxylic acids is 1. The maximum atomic E-state index is 13.0. The van der Waals surface area contributed by atoms with Crippen molar-refractivity contribution in [3.05, 3.63) is 71.0 Å².